The van der Waals surface area contributed by atoms with Gasteiger partial charge in [0.25, 0.3) is 0 Å². The van der Waals surface area contributed by atoms with Crippen molar-refractivity contribution in [1.29, 1.82) is 0 Å². The molecule has 3 nitrogen and oxygen atoms in total. The van der Waals surface area contributed by atoms with Crippen LogP contribution in [-0.4, -0.2) is 12.1 Å². The highest BCUT2D eigenvalue weighted by Gasteiger charge is 2.55. The Balaban J connectivity index is 1.96. The summed E-state index contributed by atoms with van der Waals surface area (Å²) in [7, 11) is 0. The van der Waals surface area contributed by atoms with Gasteiger partial charge in [0.05, 0.1) is 6.26 Å². The number of carbonyl (C=O) groups excluding carboxylic acids is 1. The second-order valence-corrected chi connectivity index (χ2v) is 8.95. The Morgan fingerprint density at radius 2 is 2.04 bits per heavy atom. The zero-order valence-corrected chi connectivity index (χ0v) is 15.9. The van der Waals surface area contributed by atoms with Crippen LogP contribution in [0.15, 0.2) is 22.8 Å². The summed E-state index contributed by atoms with van der Waals surface area (Å²) in [5.41, 5.74) is 5.19. The lowest BCUT2D eigenvalue weighted by Gasteiger charge is -2.56. The van der Waals surface area contributed by atoms with E-state index in [9.17, 15) is 4.79 Å². The van der Waals surface area contributed by atoms with Gasteiger partial charge in [0, 0.05) is 24.6 Å². The lowest BCUT2D eigenvalue weighted by atomic mass is 9.49. The van der Waals surface area contributed by atoms with E-state index in [1.807, 2.05) is 6.07 Å². The van der Waals surface area contributed by atoms with E-state index in [0.717, 1.165) is 18.4 Å². The average molecular weight is 340 g/mol. The molecule has 1 aromatic heterocycles. The summed E-state index contributed by atoms with van der Waals surface area (Å²) >= 11 is 0. The Bertz CT molecular complexity index is 844. The maximum Gasteiger partial charge on any atom is 0.302 e. The molecule has 0 N–H and O–H groups in total. The van der Waals surface area contributed by atoms with Crippen molar-refractivity contribution in [2.45, 2.75) is 71.8 Å². The Kier molecular flexibility index (Phi) is 3.58. The molecule has 1 fully saturated rings. The minimum atomic E-state index is -0.167. The number of fused-ring (bicyclic) bond motifs is 4. The summed E-state index contributed by atoms with van der Waals surface area (Å²) in [6, 6.07) is 4.31. The predicted molar refractivity (Wildman–Crippen MR) is 98.7 cm³/mol. The van der Waals surface area contributed by atoms with E-state index >= 15 is 0 Å². The van der Waals surface area contributed by atoms with Crippen LogP contribution in [0.2, 0.25) is 0 Å². The lowest BCUT2D eigenvalue weighted by Crippen LogP contribution is -2.55. The first kappa shape index (κ1) is 16.7. The highest BCUT2D eigenvalue weighted by Crippen LogP contribution is 2.58. The normalized spacial score (nSPS) is 30.6. The SMILES string of the molecule is CC(=O)OC1Cc2c(cc3occc3c2C)C2(C)CCCC(C)(C)C12. The fourth-order valence-electron chi connectivity index (χ4n) is 6.04. The Hall–Kier alpha value is -1.77. The van der Waals surface area contributed by atoms with E-state index < -0.39 is 0 Å². The van der Waals surface area contributed by atoms with Gasteiger partial charge in [0.2, 0.25) is 0 Å². The second-order valence-electron chi connectivity index (χ2n) is 8.95. The number of furan rings is 1. The quantitative estimate of drug-likeness (QED) is 0.660. The number of benzene rings is 1. The molecule has 3 heteroatoms. The Morgan fingerprint density at radius 3 is 2.76 bits per heavy atom. The molecule has 3 atom stereocenters. The molecule has 4 rings (SSSR count). The smallest absolute Gasteiger partial charge is 0.302 e. The zero-order valence-electron chi connectivity index (χ0n) is 15.9. The van der Waals surface area contributed by atoms with Crippen molar-refractivity contribution in [2.75, 3.05) is 0 Å². The van der Waals surface area contributed by atoms with E-state index in [0.29, 0.717) is 5.92 Å². The van der Waals surface area contributed by atoms with Crippen LogP contribution in [0, 0.1) is 18.3 Å². The molecule has 1 heterocycles. The van der Waals surface area contributed by atoms with Crippen LogP contribution in [-0.2, 0) is 21.4 Å². The van der Waals surface area contributed by atoms with Crippen LogP contribution in [0.1, 0.15) is 63.6 Å². The maximum atomic E-state index is 11.8. The number of ether oxygens (including phenoxy) is 1. The van der Waals surface area contributed by atoms with Gasteiger partial charge in [-0.1, -0.05) is 27.2 Å². The first-order valence-corrected chi connectivity index (χ1v) is 9.41. The summed E-state index contributed by atoms with van der Waals surface area (Å²) < 4.78 is 11.7. The molecular weight excluding hydrogens is 312 g/mol. The third-order valence-electron chi connectivity index (χ3n) is 6.91. The van der Waals surface area contributed by atoms with Crippen molar-refractivity contribution in [3.8, 4) is 0 Å². The van der Waals surface area contributed by atoms with Gasteiger partial charge >= 0.3 is 5.97 Å². The molecule has 3 unspecified atom stereocenters. The van der Waals surface area contributed by atoms with Gasteiger partial charge in [-0.2, -0.15) is 0 Å². The number of rotatable bonds is 1. The molecular formula is C22H28O3. The van der Waals surface area contributed by atoms with Crippen molar-refractivity contribution in [1.82, 2.24) is 0 Å². The van der Waals surface area contributed by atoms with Gasteiger partial charge in [-0.25, -0.2) is 0 Å². The number of esters is 1. The topological polar surface area (TPSA) is 39.4 Å². The summed E-state index contributed by atoms with van der Waals surface area (Å²) in [5, 5.41) is 1.18. The molecule has 2 aliphatic carbocycles. The first-order valence-electron chi connectivity index (χ1n) is 9.41. The molecule has 0 spiro atoms. The fourth-order valence-corrected chi connectivity index (χ4v) is 6.04. The standard InChI is InChI=1S/C22H28O3/c1-13-15-7-10-24-18(15)12-17-16(13)11-19(25-14(2)23)20-21(3,4)8-6-9-22(17,20)5/h7,10,12,19-20H,6,8-9,11H2,1-5H3. The molecule has 134 valence electrons. The van der Waals surface area contributed by atoms with Crippen molar-refractivity contribution in [3.05, 3.63) is 35.1 Å². The molecule has 25 heavy (non-hydrogen) atoms. The predicted octanol–water partition coefficient (Wildman–Crippen LogP) is 5.31. The molecule has 0 amide bonds. The van der Waals surface area contributed by atoms with Gasteiger partial charge in [0.1, 0.15) is 11.7 Å². The van der Waals surface area contributed by atoms with E-state index in [1.54, 1.807) is 6.26 Å². The van der Waals surface area contributed by atoms with Gasteiger partial charge in [0.15, 0.2) is 0 Å². The van der Waals surface area contributed by atoms with E-state index in [4.69, 9.17) is 9.15 Å². The van der Waals surface area contributed by atoms with Crippen LogP contribution < -0.4 is 0 Å². The molecule has 0 aliphatic heterocycles. The summed E-state index contributed by atoms with van der Waals surface area (Å²) in [6.07, 6.45) is 6.07. The van der Waals surface area contributed by atoms with E-state index in [2.05, 4.69) is 33.8 Å². The van der Waals surface area contributed by atoms with Gasteiger partial charge in [-0.05, 0) is 59.4 Å². The highest BCUT2D eigenvalue weighted by molar-refractivity contribution is 5.84. The Morgan fingerprint density at radius 1 is 1.28 bits per heavy atom. The second kappa shape index (κ2) is 5.36. The molecule has 1 saturated carbocycles. The van der Waals surface area contributed by atoms with Crippen LogP contribution in [0.25, 0.3) is 11.0 Å². The number of hydrogen-bond acceptors (Lipinski definition) is 3. The summed E-state index contributed by atoms with van der Waals surface area (Å²) in [5.74, 6) is 0.163. The third kappa shape index (κ3) is 2.35. The van der Waals surface area contributed by atoms with Crippen LogP contribution in [0.5, 0.6) is 0 Å². The number of carbonyl (C=O) groups is 1. The van der Waals surface area contributed by atoms with Crippen LogP contribution in [0.4, 0.5) is 0 Å². The van der Waals surface area contributed by atoms with Crippen molar-refractivity contribution in [2.24, 2.45) is 11.3 Å². The molecule has 2 aromatic rings. The van der Waals surface area contributed by atoms with Crippen molar-refractivity contribution >= 4 is 16.9 Å². The minimum absolute atomic E-state index is 0.0151. The fraction of sp³-hybridized carbons (Fsp3) is 0.591. The van der Waals surface area contributed by atoms with Crippen LogP contribution in [0.3, 0.4) is 0 Å². The van der Waals surface area contributed by atoms with Gasteiger partial charge in [-0.15, -0.1) is 0 Å². The molecule has 0 saturated heterocycles. The highest BCUT2D eigenvalue weighted by atomic mass is 16.5. The van der Waals surface area contributed by atoms with E-state index in [-0.39, 0.29) is 22.9 Å². The first-order chi connectivity index (χ1) is 11.7. The minimum Gasteiger partial charge on any atom is -0.464 e. The summed E-state index contributed by atoms with van der Waals surface area (Å²) in [6.45, 7) is 10.8. The molecule has 0 bridgehead atoms. The molecule has 2 aliphatic rings. The third-order valence-corrected chi connectivity index (χ3v) is 6.91. The molecule has 0 radical (unpaired) electrons. The lowest BCUT2D eigenvalue weighted by molar-refractivity contribution is -0.158. The van der Waals surface area contributed by atoms with Crippen molar-refractivity contribution < 1.29 is 13.9 Å². The largest absolute Gasteiger partial charge is 0.464 e. The maximum absolute atomic E-state index is 11.8. The van der Waals surface area contributed by atoms with E-state index in [1.165, 1.54) is 41.8 Å². The average Bonchev–Trinajstić information content (AvgIpc) is 2.96. The number of aryl methyl sites for hydroxylation is 1. The Labute approximate surface area is 149 Å². The van der Waals surface area contributed by atoms with Crippen LogP contribution >= 0.6 is 0 Å². The van der Waals surface area contributed by atoms with Gasteiger partial charge in [-0.3, -0.25) is 4.79 Å². The number of hydrogen-bond donors (Lipinski definition) is 0. The monoisotopic (exact) mass is 340 g/mol. The summed E-state index contributed by atoms with van der Waals surface area (Å²) in [4.78, 5) is 11.8. The van der Waals surface area contributed by atoms with Crippen molar-refractivity contribution in [3.63, 3.8) is 0 Å². The van der Waals surface area contributed by atoms with Gasteiger partial charge < -0.3 is 9.15 Å². The zero-order chi connectivity index (χ0) is 18.0. The molecule has 1 aromatic carbocycles.